The minimum atomic E-state index is -0.106. The van der Waals surface area contributed by atoms with Crippen molar-refractivity contribution in [2.24, 2.45) is 5.10 Å². The van der Waals surface area contributed by atoms with Gasteiger partial charge in [0, 0.05) is 5.56 Å². The summed E-state index contributed by atoms with van der Waals surface area (Å²) in [5, 5.41) is 4.21. The van der Waals surface area contributed by atoms with E-state index in [9.17, 15) is 4.79 Å². The quantitative estimate of drug-likeness (QED) is 0.677. The van der Waals surface area contributed by atoms with E-state index < -0.39 is 0 Å². The molecule has 0 spiro atoms. The minimum Gasteiger partial charge on any atom is -0.273 e. The normalized spacial score (nSPS) is 11.3. The van der Waals surface area contributed by atoms with Crippen molar-refractivity contribution in [3.05, 3.63) is 70.8 Å². The van der Waals surface area contributed by atoms with Gasteiger partial charge in [-0.2, -0.15) is 5.10 Å². The average Bonchev–Trinajstić information content (AvgIpc) is 2.48. The maximum atomic E-state index is 11.9. The summed E-state index contributed by atoms with van der Waals surface area (Å²) in [4.78, 5) is 11.9. The number of rotatable bonds is 4. The van der Waals surface area contributed by atoms with Crippen LogP contribution in [-0.4, -0.2) is 11.6 Å². The molecule has 0 aliphatic rings. The summed E-state index contributed by atoms with van der Waals surface area (Å²) in [7, 11) is 0. The Hall–Kier alpha value is -2.42. The van der Waals surface area contributed by atoms with Gasteiger partial charge < -0.3 is 0 Å². The van der Waals surface area contributed by atoms with Gasteiger partial charge in [0.1, 0.15) is 0 Å². The number of benzene rings is 2. The molecule has 0 fully saturated rings. The summed E-state index contributed by atoms with van der Waals surface area (Å²) in [6, 6.07) is 15.9. The van der Waals surface area contributed by atoms with Crippen LogP contribution in [-0.2, 0) is 11.2 Å². The number of nitrogens with one attached hydrogen (secondary N) is 1. The Balaban J connectivity index is 2.03. The van der Waals surface area contributed by atoms with Gasteiger partial charge in [-0.25, -0.2) is 5.43 Å². The van der Waals surface area contributed by atoms with E-state index in [0.717, 1.165) is 22.4 Å². The number of amides is 1. The second-order valence-corrected chi connectivity index (χ2v) is 5.21. The van der Waals surface area contributed by atoms with E-state index in [0.29, 0.717) is 6.42 Å². The van der Waals surface area contributed by atoms with E-state index in [1.165, 1.54) is 5.56 Å². The molecular formula is C18H20N2O. The van der Waals surface area contributed by atoms with Crippen LogP contribution in [0.25, 0.3) is 0 Å². The maximum Gasteiger partial charge on any atom is 0.244 e. The predicted octanol–water partition coefficient (Wildman–Crippen LogP) is 3.39. The Kier molecular flexibility index (Phi) is 4.88. The first-order chi connectivity index (χ1) is 10.1. The lowest BCUT2D eigenvalue weighted by atomic mass is 10.0. The summed E-state index contributed by atoms with van der Waals surface area (Å²) in [5.74, 6) is -0.106. The smallest absolute Gasteiger partial charge is 0.244 e. The highest BCUT2D eigenvalue weighted by atomic mass is 16.2. The van der Waals surface area contributed by atoms with Crippen molar-refractivity contribution in [3.8, 4) is 0 Å². The number of hydrogen-bond donors (Lipinski definition) is 1. The Morgan fingerprint density at radius 3 is 2.52 bits per heavy atom. The van der Waals surface area contributed by atoms with E-state index in [1.807, 2.05) is 51.1 Å². The van der Waals surface area contributed by atoms with Crippen LogP contribution in [0, 0.1) is 13.8 Å². The lowest BCUT2D eigenvalue weighted by molar-refractivity contribution is -0.120. The van der Waals surface area contributed by atoms with Gasteiger partial charge in [0.2, 0.25) is 5.91 Å². The van der Waals surface area contributed by atoms with Crippen LogP contribution < -0.4 is 5.43 Å². The largest absolute Gasteiger partial charge is 0.273 e. The van der Waals surface area contributed by atoms with Gasteiger partial charge in [-0.15, -0.1) is 0 Å². The maximum absolute atomic E-state index is 11.9. The van der Waals surface area contributed by atoms with Crippen LogP contribution in [0.4, 0.5) is 0 Å². The Bertz CT molecular complexity index is 660. The highest BCUT2D eigenvalue weighted by molar-refractivity contribution is 6.00. The molecule has 0 saturated heterocycles. The van der Waals surface area contributed by atoms with Crippen LogP contribution in [0.15, 0.2) is 53.6 Å². The average molecular weight is 280 g/mol. The molecule has 0 aliphatic carbocycles. The highest BCUT2D eigenvalue weighted by Gasteiger charge is 2.05. The molecule has 0 unspecified atom stereocenters. The first-order valence-electron chi connectivity index (χ1n) is 7.01. The molecule has 3 heteroatoms. The summed E-state index contributed by atoms with van der Waals surface area (Å²) >= 11 is 0. The van der Waals surface area contributed by atoms with Crippen molar-refractivity contribution in [1.29, 1.82) is 0 Å². The minimum absolute atomic E-state index is 0.106. The third-order valence-corrected chi connectivity index (χ3v) is 3.34. The molecule has 0 aliphatic heterocycles. The van der Waals surface area contributed by atoms with Gasteiger partial charge in [-0.3, -0.25) is 4.79 Å². The van der Waals surface area contributed by atoms with Crippen LogP contribution in [0.2, 0.25) is 0 Å². The molecule has 0 aromatic heterocycles. The number of aryl methyl sites for hydroxylation is 2. The molecule has 0 bridgehead atoms. The molecule has 1 amide bonds. The van der Waals surface area contributed by atoms with Crippen molar-refractivity contribution in [2.45, 2.75) is 27.2 Å². The first kappa shape index (κ1) is 15.0. The molecular weight excluding hydrogens is 260 g/mol. The number of carbonyl (C=O) groups excluding carboxylic acids is 1. The molecule has 0 saturated carbocycles. The number of hydrazone groups is 1. The van der Waals surface area contributed by atoms with Crippen LogP contribution in [0.5, 0.6) is 0 Å². The predicted molar refractivity (Wildman–Crippen MR) is 86.4 cm³/mol. The van der Waals surface area contributed by atoms with Crippen LogP contribution in [0.1, 0.15) is 29.2 Å². The molecule has 0 atom stereocenters. The zero-order chi connectivity index (χ0) is 15.2. The standard InChI is InChI=1S/C18H20N2O/c1-13-9-10-14(2)17(11-13)15(3)19-20-18(21)12-16-7-5-4-6-8-16/h4-11H,12H2,1-3H3,(H,20,21). The molecule has 0 radical (unpaired) electrons. The molecule has 21 heavy (non-hydrogen) atoms. The van der Waals surface area contributed by atoms with Gasteiger partial charge in [0.15, 0.2) is 0 Å². The Morgan fingerprint density at radius 2 is 1.81 bits per heavy atom. The zero-order valence-electron chi connectivity index (χ0n) is 12.7. The Morgan fingerprint density at radius 1 is 1.10 bits per heavy atom. The zero-order valence-corrected chi connectivity index (χ0v) is 12.7. The number of nitrogens with zero attached hydrogens (tertiary/aromatic N) is 1. The van der Waals surface area contributed by atoms with Crippen LogP contribution >= 0.6 is 0 Å². The third-order valence-electron chi connectivity index (χ3n) is 3.34. The lowest BCUT2D eigenvalue weighted by Crippen LogP contribution is -2.21. The van der Waals surface area contributed by atoms with Crippen LogP contribution in [0.3, 0.4) is 0 Å². The van der Waals surface area contributed by atoms with Gasteiger partial charge in [-0.05, 0) is 38.0 Å². The van der Waals surface area contributed by atoms with E-state index >= 15 is 0 Å². The van der Waals surface area contributed by atoms with Gasteiger partial charge in [0.05, 0.1) is 12.1 Å². The third kappa shape index (κ3) is 4.28. The van der Waals surface area contributed by atoms with Crippen molar-refractivity contribution in [1.82, 2.24) is 5.43 Å². The van der Waals surface area contributed by atoms with Gasteiger partial charge >= 0.3 is 0 Å². The molecule has 2 aromatic rings. The highest BCUT2D eigenvalue weighted by Crippen LogP contribution is 2.11. The SMILES string of the molecule is CC(=NNC(=O)Cc1ccccc1)c1cc(C)ccc1C. The van der Waals surface area contributed by atoms with E-state index in [2.05, 4.69) is 28.7 Å². The molecule has 2 aromatic carbocycles. The van der Waals surface area contributed by atoms with Crippen molar-refractivity contribution < 1.29 is 4.79 Å². The van der Waals surface area contributed by atoms with E-state index in [-0.39, 0.29) is 5.91 Å². The lowest BCUT2D eigenvalue weighted by Gasteiger charge is -2.07. The van der Waals surface area contributed by atoms with E-state index in [1.54, 1.807) is 0 Å². The van der Waals surface area contributed by atoms with Crippen molar-refractivity contribution in [2.75, 3.05) is 0 Å². The second-order valence-electron chi connectivity index (χ2n) is 5.21. The summed E-state index contributed by atoms with van der Waals surface area (Å²) in [6.45, 7) is 5.99. The molecule has 1 N–H and O–H groups in total. The monoisotopic (exact) mass is 280 g/mol. The fourth-order valence-electron chi connectivity index (χ4n) is 2.15. The van der Waals surface area contributed by atoms with Gasteiger partial charge in [0.25, 0.3) is 0 Å². The van der Waals surface area contributed by atoms with E-state index in [4.69, 9.17) is 0 Å². The Labute approximate surface area is 125 Å². The summed E-state index contributed by atoms with van der Waals surface area (Å²) in [6.07, 6.45) is 0.338. The molecule has 0 heterocycles. The van der Waals surface area contributed by atoms with Gasteiger partial charge in [-0.1, -0.05) is 48.0 Å². The molecule has 2 rings (SSSR count). The molecule has 3 nitrogen and oxygen atoms in total. The van der Waals surface area contributed by atoms with Crippen molar-refractivity contribution in [3.63, 3.8) is 0 Å². The molecule has 108 valence electrons. The topological polar surface area (TPSA) is 41.5 Å². The number of hydrogen-bond acceptors (Lipinski definition) is 2. The summed E-state index contributed by atoms with van der Waals surface area (Å²) in [5.41, 5.74) is 7.82. The summed E-state index contributed by atoms with van der Waals surface area (Å²) < 4.78 is 0. The fraction of sp³-hybridized carbons (Fsp3) is 0.222. The second kappa shape index (κ2) is 6.84. The number of carbonyl (C=O) groups is 1. The fourth-order valence-corrected chi connectivity index (χ4v) is 2.15. The first-order valence-corrected chi connectivity index (χ1v) is 7.01. The van der Waals surface area contributed by atoms with Crippen molar-refractivity contribution >= 4 is 11.6 Å².